The Morgan fingerprint density at radius 2 is 1.87 bits per heavy atom. The number of benzene rings is 2. The van der Waals surface area contributed by atoms with Crippen molar-refractivity contribution in [2.45, 2.75) is 56.1 Å². The lowest BCUT2D eigenvalue weighted by molar-refractivity contribution is -0.270. The van der Waals surface area contributed by atoms with E-state index in [1.54, 1.807) is 18.2 Å². The van der Waals surface area contributed by atoms with Crippen LogP contribution in [0.5, 0.6) is 11.5 Å². The van der Waals surface area contributed by atoms with E-state index in [2.05, 4.69) is 0 Å². The molecule has 10 heteroatoms. The molecule has 166 valence electrons. The smallest absolute Gasteiger partial charge is 0.335 e. The number of aromatic hydroxyl groups is 1. The summed E-state index contributed by atoms with van der Waals surface area (Å²) in [5, 5.41) is 61.0. The number of ether oxygens (including phenoxy) is 2. The first-order chi connectivity index (χ1) is 14.5. The zero-order chi connectivity index (χ0) is 22.7. The van der Waals surface area contributed by atoms with Crippen LogP contribution < -0.4 is 4.74 Å². The van der Waals surface area contributed by atoms with Crippen molar-refractivity contribution < 1.29 is 49.7 Å². The molecule has 6 atom stereocenters. The molecule has 2 aliphatic rings. The molecule has 1 saturated heterocycles. The first kappa shape index (κ1) is 21.5. The van der Waals surface area contributed by atoms with Gasteiger partial charge >= 0.3 is 5.97 Å². The first-order valence-corrected chi connectivity index (χ1v) is 9.62. The third kappa shape index (κ3) is 3.62. The number of ketones is 1. The maximum Gasteiger partial charge on any atom is 0.335 e. The van der Waals surface area contributed by atoms with Crippen LogP contribution in [0, 0.1) is 0 Å². The van der Waals surface area contributed by atoms with Crippen molar-refractivity contribution in [3.63, 3.8) is 0 Å². The van der Waals surface area contributed by atoms with Crippen molar-refractivity contribution in [1.29, 1.82) is 0 Å². The molecule has 0 saturated carbocycles. The Morgan fingerprint density at radius 3 is 2.55 bits per heavy atom. The second-order valence-electron chi connectivity index (χ2n) is 8.24. The number of rotatable bonds is 3. The molecule has 4 rings (SSSR count). The minimum absolute atomic E-state index is 0.0280. The summed E-state index contributed by atoms with van der Waals surface area (Å²) in [6.07, 6.45) is -9.02. The number of fused-ring (bicyclic) bond motifs is 2. The fraction of sp³-hybridized carbons (Fsp3) is 0.429. The van der Waals surface area contributed by atoms with Gasteiger partial charge in [0.2, 0.25) is 6.29 Å². The van der Waals surface area contributed by atoms with E-state index in [1.165, 1.54) is 13.0 Å². The molecule has 1 aliphatic heterocycles. The third-order valence-corrected chi connectivity index (χ3v) is 5.63. The highest BCUT2D eigenvalue weighted by atomic mass is 16.7. The molecule has 6 N–H and O–H groups in total. The molecular formula is C21H22O10. The molecule has 31 heavy (non-hydrogen) atoms. The summed E-state index contributed by atoms with van der Waals surface area (Å²) < 4.78 is 10.7. The zero-order valence-electron chi connectivity index (χ0n) is 16.4. The van der Waals surface area contributed by atoms with Gasteiger partial charge in [-0.2, -0.15) is 0 Å². The van der Waals surface area contributed by atoms with E-state index >= 15 is 0 Å². The number of hydrogen-bond donors (Lipinski definition) is 6. The van der Waals surface area contributed by atoms with E-state index in [-0.39, 0.29) is 35.3 Å². The molecular weight excluding hydrogens is 412 g/mol. The van der Waals surface area contributed by atoms with Gasteiger partial charge in [-0.25, -0.2) is 4.79 Å². The topological polar surface area (TPSA) is 174 Å². The Hall–Kier alpha value is -2.76. The Bertz CT molecular complexity index is 1060. The maximum absolute atomic E-state index is 12.6. The van der Waals surface area contributed by atoms with Crippen LogP contribution >= 0.6 is 0 Å². The first-order valence-electron chi connectivity index (χ1n) is 9.62. The van der Waals surface area contributed by atoms with Gasteiger partial charge in [-0.05, 0) is 30.0 Å². The van der Waals surface area contributed by atoms with Crippen LogP contribution in [0.25, 0.3) is 10.8 Å². The predicted molar refractivity (Wildman–Crippen MR) is 104 cm³/mol. The minimum Gasteiger partial charge on any atom is -0.506 e. The Morgan fingerprint density at radius 1 is 1.16 bits per heavy atom. The average Bonchev–Trinajstić information content (AvgIpc) is 2.66. The molecule has 10 nitrogen and oxygen atoms in total. The summed E-state index contributed by atoms with van der Waals surface area (Å²) in [4.78, 5) is 23.9. The van der Waals surface area contributed by atoms with Gasteiger partial charge in [0.1, 0.15) is 29.8 Å². The maximum atomic E-state index is 12.6. The van der Waals surface area contributed by atoms with Crippen molar-refractivity contribution in [3.05, 3.63) is 35.4 Å². The van der Waals surface area contributed by atoms with Crippen molar-refractivity contribution in [1.82, 2.24) is 0 Å². The summed E-state index contributed by atoms with van der Waals surface area (Å²) in [5.74, 6) is -2.40. The van der Waals surface area contributed by atoms with Crippen LogP contribution in [0.3, 0.4) is 0 Å². The lowest BCUT2D eigenvalue weighted by Gasteiger charge is -2.38. The standard InChI is InChI=1S/C21H22O10/c1-21(29)6-9-5-8-3-2-4-11(13(8)14(23)12(9)10(22)7-21)30-20-17(26)15(24)16(25)18(31-20)19(27)28/h2-5,15-18,20,23-26,29H,6-7H2,1H3,(H,27,28). The van der Waals surface area contributed by atoms with Crippen LogP contribution in [0.1, 0.15) is 29.3 Å². The SMILES string of the molecule is CC1(O)CC(=O)c2c(cc3cccc(OC4OC(C(=O)O)C(O)C(O)C4O)c3c2O)C1. The fourth-order valence-corrected chi connectivity index (χ4v) is 4.19. The Balaban J connectivity index is 1.76. The summed E-state index contributed by atoms with van der Waals surface area (Å²) in [6.45, 7) is 1.54. The average molecular weight is 434 g/mol. The summed E-state index contributed by atoms with van der Waals surface area (Å²) in [7, 11) is 0. The molecule has 1 aliphatic carbocycles. The van der Waals surface area contributed by atoms with Crippen molar-refractivity contribution in [2.75, 3.05) is 0 Å². The molecule has 2 aromatic rings. The van der Waals surface area contributed by atoms with Gasteiger partial charge in [-0.15, -0.1) is 0 Å². The van der Waals surface area contributed by atoms with Crippen LogP contribution in [0.4, 0.5) is 0 Å². The second-order valence-corrected chi connectivity index (χ2v) is 8.24. The number of carboxylic acids is 1. The van der Waals surface area contributed by atoms with E-state index in [0.717, 1.165) is 0 Å². The molecule has 2 aromatic carbocycles. The van der Waals surface area contributed by atoms with Crippen LogP contribution in [0.15, 0.2) is 24.3 Å². The third-order valence-electron chi connectivity index (χ3n) is 5.63. The Labute approximate surface area is 175 Å². The van der Waals surface area contributed by atoms with Gasteiger partial charge in [0.05, 0.1) is 16.6 Å². The number of carbonyl (C=O) groups is 2. The van der Waals surface area contributed by atoms with Crippen LogP contribution in [-0.4, -0.2) is 78.7 Å². The van der Waals surface area contributed by atoms with Gasteiger partial charge in [0, 0.05) is 12.8 Å². The quantitative estimate of drug-likeness (QED) is 0.376. The predicted octanol–water partition coefficient (Wildman–Crippen LogP) is -0.304. The van der Waals surface area contributed by atoms with Gasteiger partial charge in [-0.1, -0.05) is 12.1 Å². The van der Waals surface area contributed by atoms with Crippen LogP contribution in [-0.2, 0) is 16.0 Å². The van der Waals surface area contributed by atoms with Crippen LogP contribution in [0.2, 0.25) is 0 Å². The largest absolute Gasteiger partial charge is 0.506 e. The number of aliphatic carboxylic acids is 1. The summed E-state index contributed by atoms with van der Waals surface area (Å²) >= 11 is 0. The molecule has 0 aromatic heterocycles. The number of phenols is 1. The molecule has 0 radical (unpaired) electrons. The number of aliphatic hydroxyl groups is 4. The van der Waals surface area contributed by atoms with Crippen molar-refractivity contribution >= 4 is 22.5 Å². The summed E-state index contributed by atoms with van der Waals surface area (Å²) in [5.41, 5.74) is -0.706. The van der Waals surface area contributed by atoms with E-state index in [9.17, 15) is 40.2 Å². The molecule has 0 amide bonds. The number of carboxylic acid groups (broad SMARTS) is 1. The van der Waals surface area contributed by atoms with Gasteiger partial charge in [0.15, 0.2) is 11.9 Å². The number of aliphatic hydroxyl groups excluding tert-OH is 3. The highest BCUT2D eigenvalue weighted by Crippen LogP contribution is 2.43. The normalized spacial score (nSPS) is 33.2. The monoisotopic (exact) mass is 434 g/mol. The van der Waals surface area contributed by atoms with Gasteiger partial charge < -0.3 is 40.1 Å². The number of phenolic OH excluding ortho intramolecular Hbond substituents is 1. The zero-order valence-corrected chi connectivity index (χ0v) is 16.4. The fourth-order valence-electron chi connectivity index (χ4n) is 4.19. The minimum atomic E-state index is -1.87. The van der Waals surface area contributed by atoms with E-state index in [0.29, 0.717) is 10.9 Å². The molecule has 1 heterocycles. The molecule has 6 unspecified atom stereocenters. The lowest BCUT2D eigenvalue weighted by atomic mass is 9.79. The van der Waals surface area contributed by atoms with Crippen molar-refractivity contribution in [3.8, 4) is 11.5 Å². The molecule has 0 bridgehead atoms. The van der Waals surface area contributed by atoms with E-state index in [1.807, 2.05) is 0 Å². The number of hydrogen-bond acceptors (Lipinski definition) is 9. The highest BCUT2D eigenvalue weighted by Gasteiger charge is 2.48. The van der Waals surface area contributed by atoms with E-state index < -0.39 is 48.1 Å². The lowest BCUT2D eigenvalue weighted by Crippen LogP contribution is -2.61. The summed E-state index contributed by atoms with van der Waals surface area (Å²) in [6, 6.07) is 6.27. The molecule has 1 fully saturated rings. The highest BCUT2D eigenvalue weighted by molar-refractivity contribution is 6.09. The number of Topliss-reactive ketones (excluding diaryl/α,β-unsaturated/α-hetero) is 1. The van der Waals surface area contributed by atoms with E-state index in [4.69, 9.17) is 9.47 Å². The second kappa shape index (κ2) is 7.43. The molecule has 0 spiro atoms. The van der Waals surface area contributed by atoms with Crippen molar-refractivity contribution in [2.24, 2.45) is 0 Å². The Kier molecular flexibility index (Phi) is 5.15. The van der Waals surface area contributed by atoms with Gasteiger partial charge in [0.25, 0.3) is 0 Å². The number of carbonyl (C=O) groups excluding carboxylic acids is 1. The van der Waals surface area contributed by atoms with Gasteiger partial charge in [-0.3, -0.25) is 4.79 Å².